The van der Waals surface area contributed by atoms with Crippen molar-refractivity contribution >= 4 is 11.3 Å². The average Bonchev–Trinajstić information content (AvgIpc) is 3.10. The van der Waals surface area contributed by atoms with Crippen LogP contribution in [0.5, 0.6) is 0 Å². The van der Waals surface area contributed by atoms with E-state index in [1.807, 2.05) is 11.3 Å². The van der Waals surface area contributed by atoms with Crippen molar-refractivity contribution in [2.24, 2.45) is 0 Å². The van der Waals surface area contributed by atoms with Crippen molar-refractivity contribution in [1.29, 1.82) is 0 Å². The Bertz CT molecular complexity index is 384. The van der Waals surface area contributed by atoms with Gasteiger partial charge in [0.05, 0.1) is 0 Å². The van der Waals surface area contributed by atoms with Crippen LogP contribution < -0.4 is 5.32 Å². The Balaban J connectivity index is 1.51. The largest absolute Gasteiger partial charge is 0.309 e. The third kappa shape index (κ3) is 3.34. The van der Waals surface area contributed by atoms with E-state index in [4.69, 9.17) is 0 Å². The molecule has 0 amide bonds. The fraction of sp³-hybridized carbons (Fsp3) is 0.733. The summed E-state index contributed by atoms with van der Waals surface area (Å²) < 4.78 is 0. The van der Waals surface area contributed by atoms with Gasteiger partial charge in [0.25, 0.3) is 0 Å². The molecule has 0 bridgehead atoms. The SMILES string of the molecule is CC1CCCCN1Cc1ccc(CNC2CC2)s1. The van der Waals surface area contributed by atoms with Crippen molar-refractivity contribution in [3.8, 4) is 0 Å². The summed E-state index contributed by atoms with van der Waals surface area (Å²) in [4.78, 5) is 5.69. The number of hydrogen-bond donors (Lipinski definition) is 1. The lowest BCUT2D eigenvalue weighted by Crippen LogP contribution is -2.36. The molecule has 1 atom stereocenters. The second-order valence-corrected chi connectivity index (χ2v) is 7.09. The highest BCUT2D eigenvalue weighted by molar-refractivity contribution is 7.11. The van der Waals surface area contributed by atoms with E-state index < -0.39 is 0 Å². The van der Waals surface area contributed by atoms with Gasteiger partial charge in [-0.15, -0.1) is 11.3 Å². The molecular weight excluding hydrogens is 240 g/mol. The Morgan fingerprint density at radius 1 is 1.22 bits per heavy atom. The van der Waals surface area contributed by atoms with E-state index in [1.165, 1.54) is 48.4 Å². The second-order valence-electron chi connectivity index (χ2n) is 5.84. The van der Waals surface area contributed by atoms with Gasteiger partial charge < -0.3 is 5.32 Å². The summed E-state index contributed by atoms with van der Waals surface area (Å²) in [7, 11) is 0. The van der Waals surface area contributed by atoms with Gasteiger partial charge in [0, 0.05) is 34.9 Å². The molecule has 2 fully saturated rings. The van der Waals surface area contributed by atoms with Gasteiger partial charge in [-0.25, -0.2) is 0 Å². The molecule has 2 nitrogen and oxygen atoms in total. The summed E-state index contributed by atoms with van der Waals surface area (Å²) >= 11 is 1.99. The van der Waals surface area contributed by atoms with E-state index in [1.54, 1.807) is 0 Å². The van der Waals surface area contributed by atoms with Crippen LogP contribution in [-0.2, 0) is 13.1 Å². The molecule has 1 saturated heterocycles. The number of nitrogens with zero attached hydrogens (tertiary/aromatic N) is 1. The average molecular weight is 264 g/mol. The van der Waals surface area contributed by atoms with Crippen LogP contribution in [0.2, 0.25) is 0 Å². The topological polar surface area (TPSA) is 15.3 Å². The maximum atomic E-state index is 3.60. The van der Waals surface area contributed by atoms with Gasteiger partial charge in [0.15, 0.2) is 0 Å². The molecule has 1 aromatic heterocycles. The van der Waals surface area contributed by atoms with Crippen LogP contribution in [-0.4, -0.2) is 23.5 Å². The molecule has 0 aromatic carbocycles. The number of likely N-dealkylation sites (tertiary alicyclic amines) is 1. The lowest BCUT2D eigenvalue weighted by molar-refractivity contribution is 0.154. The first-order chi connectivity index (χ1) is 8.81. The minimum atomic E-state index is 0.772. The van der Waals surface area contributed by atoms with Gasteiger partial charge in [-0.1, -0.05) is 6.42 Å². The zero-order chi connectivity index (χ0) is 12.4. The molecule has 2 heterocycles. The van der Waals surface area contributed by atoms with Crippen LogP contribution in [0.3, 0.4) is 0 Å². The van der Waals surface area contributed by atoms with Gasteiger partial charge in [0.1, 0.15) is 0 Å². The van der Waals surface area contributed by atoms with Crippen molar-refractivity contribution in [1.82, 2.24) is 10.2 Å². The summed E-state index contributed by atoms with van der Waals surface area (Å²) in [5, 5.41) is 3.60. The first-order valence-electron chi connectivity index (χ1n) is 7.36. The Labute approximate surface area is 114 Å². The Kier molecular flexibility index (Phi) is 4.02. The quantitative estimate of drug-likeness (QED) is 0.877. The highest BCUT2D eigenvalue weighted by Crippen LogP contribution is 2.24. The lowest BCUT2D eigenvalue weighted by Gasteiger charge is -2.32. The number of piperidine rings is 1. The fourth-order valence-electron chi connectivity index (χ4n) is 2.73. The van der Waals surface area contributed by atoms with Crippen LogP contribution in [0.25, 0.3) is 0 Å². The van der Waals surface area contributed by atoms with E-state index in [2.05, 4.69) is 29.3 Å². The molecule has 1 N–H and O–H groups in total. The fourth-order valence-corrected chi connectivity index (χ4v) is 3.72. The van der Waals surface area contributed by atoms with Gasteiger partial charge >= 0.3 is 0 Å². The summed E-state index contributed by atoms with van der Waals surface area (Å²) in [5.74, 6) is 0. The minimum Gasteiger partial charge on any atom is -0.309 e. The normalized spacial score (nSPS) is 25.5. The van der Waals surface area contributed by atoms with E-state index >= 15 is 0 Å². The number of nitrogens with one attached hydrogen (secondary N) is 1. The van der Waals surface area contributed by atoms with Crippen LogP contribution in [0.4, 0.5) is 0 Å². The number of hydrogen-bond acceptors (Lipinski definition) is 3. The van der Waals surface area contributed by atoms with Crippen molar-refractivity contribution in [3.05, 3.63) is 21.9 Å². The van der Waals surface area contributed by atoms with Crippen molar-refractivity contribution in [3.63, 3.8) is 0 Å². The van der Waals surface area contributed by atoms with Crippen molar-refractivity contribution in [2.45, 2.75) is 64.2 Å². The van der Waals surface area contributed by atoms with E-state index in [-0.39, 0.29) is 0 Å². The highest BCUT2D eigenvalue weighted by atomic mass is 32.1. The van der Waals surface area contributed by atoms with E-state index in [0.29, 0.717) is 0 Å². The third-order valence-electron chi connectivity index (χ3n) is 4.16. The Morgan fingerprint density at radius 3 is 2.83 bits per heavy atom. The first kappa shape index (κ1) is 12.6. The molecule has 1 aromatic rings. The molecule has 1 aliphatic heterocycles. The minimum absolute atomic E-state index is 0.772. The summed E-state index contributed by atoms with van der Waals surface area (Å²) in [6.07, 6.45) is 6.93. The zero-order valence-corrected chi connectivity index (χ0v) is 12.1. The van der Waals surface area contributed by atoms with Crippen LogP contribution in [0.15, 0.2) is 12.1 Å². The number of thiophene rings is 1. The monoisotopic (exact) mass is 264 g/mol. The van der Waals surface area contributed by atoms with Crippen molar-refractivity contribution in [2.75, 3.05) is 6.54 Å². The van der Waals surface area contributed by atoms with Gasteiger partial charge in [-0.3, -0.25) is 4.90 Å². The smallest absolute Gasteiger partial charge is 0.0330 e. The van der Waals surface area contributed by atoms with E-state index in [0.717, 1.165) is 25.2 Å². The van der Waals surface area contributed by atoms with E-state index in [9.17, 15) is 0 Å². The maximum absolute atomic E-state index is 3.60. The molecule has 3 heteroatoms. The molecule has 18 heavy (non-hydrogen) atoms. The summed E-state index contributed by atoms with van der Waals surface area (Å²) in [5.41, 5.74) is 0. The predicted molar refractivity (Wildman–Crippen MR) is 77.9 cm³/mol. The highest BCUT2D eigenvalue weighted by Gasteiger charge is 2.21. The molecule has 0 radical (unpaired) electrons. The maximum Gasteiger partial charge on any atom is 0.0330 e. The lowest BCUT2D eigenvalue weighted by atomic mass is 10.0. The number of rotatable bonds is 5. The van der Waals surface area contributed by atoms with Crippen LogP contribution in [0, 0.1) is 0 Å². The Hall–Kier alpha value is -0.380. The first-order valence-corrected chi connectivity index (χ1v) is 8.18. The molecule has 1 unspecified atom stereocenters. The predicted octanol–water partition coefficient (Wildman–Crippen LogP) is 3.37. The molecule has 1 saturated carbocycles. The van der Waals surface area contributed by atoms with Crippen molar-refractivity contribution < 1.29 is 0 Å². The van der Waals surface area contributed by atoms with Crippen LogP contribution in [0.1, 0.15) is 48.8 Å². The molecule has 100 valence electrons. The second kappa shape index (κ2) is 5.72. The molecule has 2 aliphatic rings. The Morgan fingerprint density at radius 2 is 2.06 bits per heavy atom. The summed E-state index contributed by atoms with van der Waals surface area (Å²) in [6, 6.07) is 6.23. The molecular formula is C15H24N2S. The van der Waals surface area contributed by atoms with Gasteiger partial charge in [-0.05, 0) is 51.3 Å². The van der Waals surface area contributed by atoms with Crippen LogP contribution >= 0.6 is 11.3 Å². The van der Waals surface area contributed by atoms with Gasteiger partial charge in [-0.2, -0.15) is 0 Å². The molecule has 3 rings (SSSR count). The molecule has 1 aliphatic carbocycles. The zero-order valence-electron chi connectivity index (χ0n) is 11.3. The van der Waals surface area contributed by atoms with Gasteiger partial charge in [0.2, 0.25) is 0 Å². The third-order valence-corrected chi connectivity index (χ3v) is 5.23. The molecule has 0 spiro atoms. The summed E-state index contributed by atoms with van der Waals surface area (Å²) in [6.45, 7) is 5.90. The standard InChI is InChI=1S/C15H24N2S/c1-12-4-2-3-9-17(12)11-15-8-7-14(18-15)10-16-13-5-6-13/h7-8,12-13,16H,2-6,9-11H2,1H3.